The summed E-state index contributed by atoms with van der Waals surface area (Å²) in [5, 5.41) is 2.97. The molecule has 1 aliphatic heterocycles. The molecule has 0 aliphatic carbocycles. The van der Waals surface area contributed by atoms with E-state index in [0.29, 0.717) is 12.3 Å². The van der Waals surface area contributed by atoms with E-state index in [-0.39, 0.29) is 5.91 Å². The van der Waals surface area contributed by atoms with Crippen LogP contribution in [0.2, 0.25) is 0 Å². The number of rotatable bonds is 8. The van der Waals surface area contributed by atoms with E-state index in [0.717, 1.165) is 41.1 Å². The number of hydrogen-bond donors (Lipinski definition) is 1. The fraction of sp³-hybridized carbons (Fsp3) is 0.192. The summed E-state index contributed by atoms with van der Waals surface area (Å²) in [6.45, 7) is 1.38. The Hall–Kier alpha value is -3.77. The van der Waals surface area contributed by atoms with Crippen LogP contribution >= 0.6 is 0 Å². The van der Waals surface area contributed by atoms with Crippen LogP contribution in [0.15, 0.2) is 83.9 Å². The highest BCUT2D eigenvalue weighted by atomic mass is 16.2. The maximum absolute atomic E-state index is 12.9. The molecule has 1 aliphatic rings. The lowest BCUT2D eigenvalue weighted by molar-refractivity contribution is -0.115. The highest BCUT2D eigenvalue weighted by molar-refractivity contribution is 6.24. The number of carbonyl (C=O) groups excluding carboxylic acids is 2. The maximum atomic E-state index is 12.9. The van der Waals surface area contributed by atoms with Gasteiger partial charge in [0.15, 0.2) is 0 Å². The van der Waals surface area contributed by atoms with Crippen molar-refractivity contribution < 1.29 is 9.59 Å². The first kappa shape index (κ1) is 21.5. The number of fused-ring (bicyclic) bond motifs is 1. The summed E-state index contributed by atoms with van der Waals surface area (Å²) < 4.78 is 0. The van der Waals surface area contributed by atoms with Gasteiger partial charge in [-0.1, -0.05) is 48.5 Å². The Bertz CT molecular complexity index is 1120. The smallest absolute Gasteiger partial charge is 0.238 e. The molecule has 1 heterocycles. The molecule has 0 saturated carbocycles. The molecule has 32 heavy (non-hydrogen) atoms. The predicted octanol–water partition coefficient (Wildman–Crippen LogP) is 4.07. The molecule has 1 atom stereocenters. The molecular weight excluding hydrogens is 400 g/mol. The van der Waals surface area contributed by atoms with Crippen molar-refractivity contribution in [2.24, 2.45) is 4.99 Å². The Balaban J connectivity index is 1.69. The summed E-state index contributed by atoms with van der Waals surface area (Å²) in [6, 6.07) is 25.0. The van der Waals surface area contributed by atoms with Gasteiger partial charge >= 0.3 is 0 Å². The second kappa shape index (κ2) is 9.58. The van der Waals surface area contributed by atoms with Crippen LogP contribution in [0.4, 0.5) is 17.1 Å². The number of anilines is 2. The molecule has 2 amide bonds. The van der Waals surface area contributed by atoms with Crippen LogP contribution in [0.25, 0.3) is 0 Å². The van der Waals surface area contributed by atoms with Gasteiger partial charge in [-0.25, -0.2) is 0 Å². The highest BCUT2D eigenvalue weighted by Gasteiger charge is 2.35. The molecule has 4 rings (SSSR count). The van der Waals surface area contributed by atoms with Crippen molar-refractivity contribution in [1.82, 2.24) is 4.90 Å². The van der Waals surface area contributed by atoms with Gasteiger partial charge in [0.05, 0.1) is 11.4 Å². The number of nitrogens with one attached hydrogen (secondary N) is 1. The lowest BCUT2D eigenvalue weighted by Gasteiger charge is -2.20. The van der Waals surface area contributed by atoms with E-state index in [4.69, 9.17) is 4.99 Å². The topological polar surface area (TPSA) is 65.0 Å². The molecular formula is C26H26N4O2. The van der Waals surface area contributed by atoms with Crippen molar-refractivity contribution in [1.29, 1.82) is 0 Å². The minimum atomic E-state index is -0.486. The average Bonchev–Trinajstić information content (AvgIpc) is 3.14. The van der Waals surface area contributed by atoms with E-state index in [1.807, 2.05) is 97.9 Å². The van der Waals surface area contributed by atoms with E-state index >= 15 is 0 Å². The van der Waals surface area contributed by atoms with E-state index in [1.165, 1.54) is 0 Å². The predicted molar refractivity (Wildman–Crippen MR) is 129 cm³/mol. The molecule has 0 radical (unpaired) electrons. The minimum Gasteiger partial charge on any atom is -0.325 e. The molecule has 3 aromatic carbocycles. The number of likely N-dealkylation sites (N-methyl/N-ethyl adjacent to an activating group) is 1. The van der Waals surface area contributed by atoms with Gasteiger partial charge in [-0.3, -0.25) is 14.6 Å². The van der Waals surface area contributed by atoms with Gasteiger partial charge < -0.3 is 15.1 Å². The van der Waals surface area contributed by atoms with Gasteiger partial charge in [0, 0.05) is 24.5 Å². The van der Waals surface area contributed by atoms with Gasteiger partial charge in [0.1, 0.15) is 5.92 Å². The van der Waals surface area contributed by atoms with Crippen LogP contribution in [0.3, 0.4) is 0 Å². The van der Waals surface area contributed by atoms with Gasteiger partial charge in [0.2, 0.25) is 12.3 Å². The Morgan fingerprint density at radius 2 is 1.62 bits per heavy atom. The molecule has 6 heteroatoms. The zero-order valence-corrected chi connectivity index (χ0v) is 18.2. The van der Waals surface area contributed by atoms with Crippen molar-refractivity contribution >= 4 is 35.1 Å². The number of para-hydroxylation sites is 1. The highest BCUT2D eigenvalue weighted by Crippen LogP contribution is 2.36. The summed E-state index contributed by atoms with van der Waals surface area (Å²) in [7, 11) is 3.95. The Labute approximate surface area is 188 Å². The first-order chi connectivity index (χ1) is 15.6. The quantitative estimate of drug-likeness (QED) is 0.436. The van der Waals surface area contributed by atoms with Crippen LogP contribution < -0.4 is 10.2 Å². The first-order valence-corrected chi connectivity index (χ1v) is 10.6. The summed E-state index contributed by atoms with van der Waals surface area (Å²) >= 11 is 0. The minimum absolute atomic E-state index is 0.0822. The van der Waals surface area contributed by atoms with Gasteiger partial charge in [-0.05, 0) is 55.6 Å². The molecule has 0 saturated heterocycles. The fourth-order valence-electron chi connectivity index (χ4n) is 3.79. The van der Waals surface area contributed by atoms with E-state index < -0.39 is 5.92 Å². The van der Waals surface area contributed by atoms with Crippen molar-refractivity contribution in [2.45, 2.75) is 5.92 Å². The zero-order chi connectivity index (χ0) is 22.5. The maximum Gasteiger partial charge on any atom is 0.238 e. The Kier molecular flexibility index (Phi) is 6.42. The molecule has 6 nitrogen and oxygen atoms in total. The Morgan fingerprint density at radius 3 is 2.31 bits per heavy atom. The third-order valence-corrected chi connectivity index (χ3v) is 5.48. The van der Waals surface area contributed by atoms with Crippen molar-refractivity contribution in [3.8, 4) is 0 Å². The van der Waals surface area contributed by atoms with Crippen LogP contribution in [-0.2, 0) is 9.59 Å². The van der Waals surface area contributed by atoms with Gasteiger partial charge in [-0.15, -0.1) is 0 Å². The lowest BCUT2D eigenvalue weighted by atomic mass is 9.90. The summed E-state index contributed by atoms with van der Waals surface area (Å²) in [4.78, 5) is 33.0. The van der Waals surface area contributed by atoms with Crippen molar-refractivity contribution in [3.05, 3.63) is 90.0 Å². The second-order valence-corrected chi connectivity index (χ2v) is 7.99. The van der Waals surface area contributed by atoms with Gasteiger partial charge in [0.25, 0.3) is 0 Å². The second-order valence-electron chi connectivity index (χ2n) is 7.99. The van der Waals surface area contributed by atoms with E-state index in [1.54, 1.807) is 4.90 Å². The molecule has 0 aromatic heterocycles. The summed E-state index contributed by atoms with van der Waals surface area (Å²) in [5.41, 5.74) is 4.88. The molecule has 0 bridgehead atoms. The monoisotopic (exact) mass is 426 g/mol. The van der Waals surface area contributed by atoms with Crippen LogP contribution in [-0.4, -0.2) is 50.1 Å². The van der Waals surface area contributed by atoms with E-state index in [2.05, 4.69) is 5.32 Å². The third kappa shape index (κ3) is 4.60. The van der Waals surface area contributed by atoms with Crippen LogP contribution in [0.1, 0.15) is 17.0 Å². The number of aliphatic imine (C=N–C) groups is 1. The SMILES string of the molecule is CN(C)CCN(C=O)c1ccc(N=C(c2ccccc2)C2C(=O)Nc3ccccc32)cc1. The number of carbonyl (C=O) groups is 2. The largest absolute Gasteiger partial charge is 0.325 e. The third-order valence-electron chi connectivity index (χ3n) is 5.48. The Morgan fingerprint density at radius 1 is 0.938 bits per heavy atom. The average molecular weight is 427 g/mol. The summed E-state index contributed by atoms with van der Waals surface area (Å²) in [5.74, 6) is -0.568. The normalized spacial score (nSPS) is 15.4. The molecule has 0 fully saturated rings. The lowest BCUT2D eigenvalue weighted by Crippen LogP contribution is -2.30. The molecule has 0 spiro atoms. The van der Waals surface area contributed by atoms with Crippen LogP contribution in [0.5, 0.6) is 0 Å². The van der Waals surface area contributed by atoms with Crippen LogP contribution in [0, 0.1) is 0 Å². The fourth-order valence-corrected chi connectivity index (χ4v) is 3.79. The molecule has 1 N–H and O–H groups in total. The number of nitrogens with zero attached hydrogens (tertiary/aromatic N) is 3. The summed E-state index contributed by atoms with van der Waals surface area (Å²) in [6.07, 6.45) is 0.844. The standard InChI is InChI=1S/C26H26N4O2/c1-29(2)16-17-30(18-31)21-14-12-20(13-15-21)27-25(19-8-4-3-5-9-19)24-22-10-6-7-11-23(22)28-26(24)32/h3-15,18,24H,16-17H2,1-2H3,(H,28,32). The van der Waals surface area contributed by atoms with Crippen molar-refractivity contribution in [3.63, 3.8) is 0 Å². The van der Waals surface area contributed by atoms with E-state index in [9.17, 15) is 9.59 Å². The molecule has 3 aromatic rings. The number of benzene rings is 3. The first-order valence-electron chi connectivity index (χ1n) is 10.6. The zero-order valence-electron chi connectivity index (χ0n) is 18.2. The number of hydrogen-bond acceptors (Lipinski definition) is 4. The van der Waals surface area contributed by atoms with Gasteiger partial charge in [-0.2, -0.15) is 0 Å². The molecule has 1 unspecified atom stereocenters. The number of amides is 2. The van der Waals surface area contributed by atoms with Crippen molar-refractivity contribution in [2.75, 3.05) is 37.4 Å². The molecule has 162 valence electrons.